The second-order valence-electron chi connectivity index (χ2n) is 8.15. The molecule has 1 saturated heterocycles. The topological polar surface area (TPSA) is 39.2 Å². The lowest BCUT2D eigenvalue weighted by atomic mass is 10.1. The van der Waals surface area contributed by atoms with Crippen LogP contribution in [0.4, 0.5) is 4.39 Å². The van der Waals surface area contributed by atoms with Crippen LogP contribution in [0.5, 0.6) is 5.75 Å². The minimum atomic E-state index is -0.497. The number of ether oxygens (including phenoxy) is 1. The van der Waals surface area contributed by atoms with Crippen LogP contribution in [-0.4, -0.2) is 78.8 Å². The number of β-amino-alcohol motifs (C(OH)–C–C–N with tert-alkyl or cyclic N) is 1. The summed E-state index contributed by atoms with van der Waals surface area (Å²) < 4.78 is 18.9. The van der Waals surface area contributed by atoms with E-state index in [9.17, 15) is 9.50 Å². The maximum Gasteiger partial charge on any atom is 0.123 e. The lowest BCUT2D eigenvalue weighted by Crippen LogP contribution is -2.49. The molecule has 1 N–H and O–H groups in total. The first-order valence-electron chi connectivity index (χ1n) is 10.8. The van der Waals surface area contributed by atoms with Gasteiger partial charge in [-0.2, -0.15) is 0 Å². The number of nitrogens with zero attached hydrogens (tertiary/aromatic N) is 3. The third kappa shape index (κ3) is 7.36. The highest BCUT2D eigenvalue weighted by Gasteiger charge is 2.18. The lowest BCUT2D eigenvalue weighted by Gasteiger charge is -2.34. The number of hydrogen-bond acceptors (Lipinski definition) is 5. The Hall–Kier alpha value is -1.99. The summed E-state index contributed by atoms with van der Waals surface area (Å²) in [4.78, 5) is 6.91. The Morgan fingerprint density at radius 1 is 1.00 bits per heavy atom. The smallest absolute Gasteiger partial charge is 0.123 e. The monoisotopic (exact) mass is 415 g/mol. The first-order valence-corrected chi connectivity index (χ1v) is 10.8. The van der Waals surface area contributed by atoms with Crippen molar-refractivity contribution in [3.05, 3.63) is 65.5 Å². The molecule has 0 unspecified atom stereocenters. The Labute approximate surface area is 179 Å². The highest BCUT2D eigenvalue weighted by molar-refractivity contribution is 5.28. The fourth-order valence-electron chi connectivity index (χ4n) is 3.83. The molecule has 2 aromatic carbocycles. The zero-order valence-electron chi connectivity index (χ0n) is 18.1. The van der Waals surface area contributed by atoms with Gasteiger partial charge in [0, 0.05) is 45.8 Å². The van der Waals surface area contributed by atoms with Gasteiger partial charge in [0.25, 0.3) is 0 Å². The van der Waals surface area contributed by atoms with Crippen LogP contribution in [0, 0.1) is 5.82 Å². The summed E-state index contributed by atoms with van der Waals surface area (Å²) >= 11 is 0. The summed E-state index contributed by atoms with van der Waals surface area (Å²) in [5.74, 6) is 0.564. The van der Waals surface area contributed by atoms with Gasteiger partial charge in [0.1, 0.15) is 24.3 Å². The van der Waals surface area contributed by atoms with Gasteiger partial charge in [-0.05, 0) is 49.0 Å². The number of benzene rings is 2. The quantitative estimate of drug-likeness (QED) is 0.646. The maximum atomic E-state index is 13.1. The van der Waals surface area contributed by atoms with Crippen molar-refractivity contribution in [2.75, 3.05) is 52.9 Å². The molecule has 0 radical (unpaired) electrons. The summed E-state index contributed by atoms with van der Waals surface area (Å²) in [5, 5.41) is 10.4. The Kier molecular flexibility index (Phi) is 8.63. The summed E-state index contributed by atoms with van der Waals surface area (Å²) in [6.45, 7) is 9.87. The first-order chi connectivity index (χ1) is 14.5. The third-order valence-electron chi connectivity index (χ3n) is 5.54. The number of aliphatic hydroxyl groups excluding tert-OH is 1. The first kappa shape index (κ1) is 22.7. The Balaban J connectivity index is 1.42. The van der Waals surface area contributed by atoms with Crippen molar-refractivity contribution in [1.29, 1.82) is 0 Å². The molecule has 0 spiro atoms. The van der Waals surface area contributed by atoms with E-state index in [-0.39, 0.29) is 5.82 Å². The molecule has 3 rings (SSSR count). The molecular weight excluding hydrogens is 381 g/mol. The average Bonchev–Trinajstić information content (AvgIpc) is 2.75. The van der Waals surface area contributed by atoms with Gasteiger partial charge >= 0.3 is 0 Å². The number of hydrogen-bond donors (Lipinski definition) is 1. The fraction of sp³-hybridized carbons (Fsp3) is 0.500. The molecule has 1 heterocycles. The molecule has 1 atom stereocenters. The molecule has 30 heavy (non-hydrogen) atoms. The molecule has 0 aromatic heterocycles. The van der Waals surface area contributed by atoms with E-state index in [1.54, 1.807) is 0 Å². The van der Waals surface area contributed by atoms with Crippen LogP contribution in [0.1, 0.15) is 18.1 Å². The number of aliphatic hydroxyl groups is 1. The highest BCUT2D eigenvalue weighted by atomic mass is 19.1. The van der Waals surface area contributed by atoms with Gasteiger partial charge in [0.05, 0.1) is 0 Å². The Morgan fingerprint density at radius 3 is 2.37 bits per heavy atom. The third-order valence-corrected chi connectivity index (χ3v) is 5.54. The molecule has 2 aromatic rings. The molecule has 0 bridgehead atoms. The second-order valence-corrected chi connectivity index (χ2v) is 8.15. The molecular formula is C24H34FN3O2. The van der Waals surface area contributed by atoms with Crippen LogP contribution in [0.3, 0.4) is 0 Å². The average molecular weight is 416 g/mol. The second kappa shape index (κ2) is 11.4. The fourth-order valence-corrected chi connectivity index (χ4v) is 3.83. The number of piperazine rings is 1. The number of halogens is 1. The van der Waals surface area contributed by atoms with Gasteiger partial charge in [-0.25, -0.2) is 4.39 Å². The molecule has 164 valence electrons. The minimum Gasteiger partial charge on any atom is -0.491 e. The van der Waals surface area contributed by atoms with E-state index in [0.29, 0.717) is 13.2 Å². The van der Waals surface area contributed by atoms with E-state index < -0.39 is 6.10 Å². The normalized spacial score (nSPS) is 16.7. The van der Waals surface area contributed by atoms with Crippen LogP contribution in [0.15, 0.2) is 48.5 Å². The van der Waals surface area contributed by atoms with Crippen molar-refractivity contribution in [3.63, 3.8) is 0 Å². The molecule has 0 amide bonds. The SMILES string of the molecule is CCN1CCN(C[C@@H](O)COc2cccc(CN(C)Cc3ccc(F)cc3)c2)CC1. The van der Waals surface area contributed by atoms with Crippen molar-refractivity contribution in [2.45, 2.75) is 26.1 Å². The Bertz CT molecular complexity index is 763. The standard InChI is InChI=1S/C24H34FN3O2/c1-3-27-11-13-28(14-12-27)18-23(29)19-30-24-6-4-5-21(15-24)17-26(2)16-20-7-9-22(25)10-8-20/h4-10,15,23,29H,3,11-14,16-19H2,1-2H3/t23-/m1/s1. The van der Waals surface area contributed by atoms with Gasteiger partial charge in [-0.3, -0.25) is 9.80 Å². The highest BCUT2D eigenvalue weighted by Crippen LogP contribution is 2.16. The summed E-state index contributed by atoms with van der Waals surface area (Å²) in [7, 11) is 2.04. The number of likely N-dealkylation sites (N-methyl/N-ethyl adjacent to an activating group) is 1. The van der Waals surface area contributed by atoms with Crippen LogP contribution in [0.25, 0.3) is 0 Å². The minimum absolute atomic E-state index is 0.211. The van der Waals surface area contributed by atoms with Gasteiger partial charge < -0.3 is 14.7 Å². The van der Waals surface area contributed by atoms with Gasteiger partial charge in [-0.1, -0.05) is 31.2 Å². The predicted molar refractivity (Wildman–Crippen MR) is 118 cm³/mol. The number of rotatable bonds is 10. The van der Waals surface area contributed by atoms with E-state index in [1.165, 1.54) is 12.1 Å². The van der Waals surface area contributed by atoms with E-state index in [1.807, 2.05) is 37.4 Å². The summed E-state index contributed by atoms with van der Waals surface area (Å²) in [5.41, 5.74) is 2.22. The van der Waals surface area contributed by atoms with Crippen molar-refractivity contribution < 1.29 is 14.2 Å². The maximum absolute atomic E-state index is 13.1. The van der Waals surface area contributed by atoms with Crippen LogP contribution >= 0.6 is 0 Å². The molecule has 5 nitrogen and oxygen atoms in total. The lowest BCUT2D eigenvalue weighted by molar-refractivity contribution is 0.0470. The van der Waals surface area contributed by atoms with Crippen LogP contribution < -0.4 is 4.74 Å². The van der Waals surface area contributed by atoms with Crippen LogP contribution in [-0.2, 0) is 13.1 Å². The summed E-state index contributed by atoms with van der Waals surface area (Å²) in [6.07, 6.45) is -0.497. The molecule has 0 aliphatic carbocycles. The Morgan fingerprint density at radius 2 is 1.67 bits per heavy atom. The van der Waals surface area contributed by atoms with Crippen molar-refractivity contribution >= 4 is 0 Å². The summed E-state index contributed by atoms with van der Waals surface area (Å²) in [6, 6.07) is 14.6. The van der Waals surface area contributed by atoms with Gasteiger partial charge in [0.15, 0.2) is 0 Å². The predicted octanol–water partition coefficient (Wildman–Crippen LogP) is 2.83. The van der Waals surface area contributed by atoms with Crippen molar-refractivity contribution in [3.8, 4) is 5.75 Å². The van der Waals surface area contributed by atoms with Crippen LogP contribution in [0.2, 0.25) is 0 Å². The molecule has 1 fully saturated rings. The molecule has 1 aliphatic rings. The van der Waals surface area contributed by atoms with E-state index in [2.05, 4.69) is 27.7 Å². The largest absolute Gasteiger partial charge is 0.491 e. The zero-order chi connectivity index (χ0) is 21.3. The molecule has 0 saturated carbocycles. The van der Waals surface area contributed by atoms with Gasteiger partial charge in [0.2, 0.25) is 0 Å². The van der Waals surface area contributed by atoms with E-state index in [4.69, 9.17) is 4.74 Å². The molecule has 6 heteroatoms. The zero-order valence-corrected chi connectivity index (χ0v) is 18.1. The van der Waals surface area contributed by atoms with E-state index in [0.717, 1.165) is 62.7 Å². The molecule has 1 aliphatic heterocycles. The van der Waals surface area contributed by atoms with Crippen molar-refractivity contribution in [2.24, 2.45) is 0 Å². The van der Waals surface area contributed by atoms with E-state index >= 15 is 0 Å². The van der Waals surface area contributed by atoms with Gasteiger partial charge in [-0.15, -0.1) is 0 Å². The van der Waals surface area contributed by atoms with Crippen molar-refractivity contribution in [1.82, 2.24) is 14.7 Å².